The van der Waals surface area contributed by atoms with Crippen LogP contribution in [0.4, 0.5) is 23.1 Å². The molecular formula is C20H24N8O. The van der Waals surface area contributed by atoms with Crippen molar-refractivity contribution in [1.29, 1.82) is 0 Å². The number of anilines is 4. The van der Waals surface area contributed by atoms with Crippen molar-refractivity contribution < 1.29 is 4.79 Å². The molecule has 0 bridgehead atoms. The number of piperidine rings is 1. The summed E-state index contributed by atoms with van der Waals surface area (Å²) in [6.07, 6.45) is 5.75. The van der Waals surface area contributed by atoms with E-state index in [0.29, 0.717) is 17.6 Å². The Morgan fingerprint density at radius 2 is 2.21 bits per heavy atom. The fourth-order valence-corrected chi connectivity index (χ4v) is 3.94. The number of nitrogens with zero attached hydrogens (tertiary/aromatic N) is 4. The first-order valence-corrected chi connectivity index (χ1v) is 9.92. The van der Waals surface area contributed by atoms with Crippen LogP contribution in [-0.4, -0.2) is 44.6 Å². The number of rotatable bonds is 4. The minimum absolute atomic E-state index is 0.00879. The molecule has 0 radical (unpaired) electrons. The van der Waals surface area contributed by atoms with Crippen LogP contribution in [-0.2, 0) is 10.2 Å². The van der Waals surface area contributed by atoms with Gasteiger partial charge in [0.15, 0.2) is 11.5 Å². The highest BCUT2D eigenvalue weighted by Crippen LogP contribution is 2.38. The molecule has 9 heteroatoms. The van der Waals surface area contributed by atoms with Crippen molar-refractivity contribution in [3.63, 3.8) is 0 Å². The number of carbonyl (C=O) groups excluding carboxylic acids is 1. The molecule has 2 aliphatic heterocycles. The number of amides is 1. The highest BCUT2D eigenvalue weighted by Gasteiger charge is 2.38. The summed E-state index contributed by atoms with van der Waals surface area (Å²) >= 11 is 0. The standard InChI is InChI=1S/C20H24N8O/c1-20(2)14-6-5-12(10-15(14)25-18(20)29)24-19-26-17-16(22-8-9-28(17)27-19)23-13-4-3-7-21-11-13/h5-6,8-10,13,21H,3-4,7,11H2,1-2H3,(H,22,23)(H,24,27)(H,25,29)/t13-/m1/s1. The summed E-state index contributed by atoms with van der Waals surface area (Å²) in [4.78, 5) is 21.2. The van der Waals surface area contributed by atoms with Gasteiger partial charge in [0.2, 0.25) is 11.9 Å². The Morgan fingerprint density at radius 1 is 1.31 bits per heavy atom. The van der Waals surface area contributed by atoms with Crippen LogP contribution in [0.15, 0.2) is 30.6 Å². The summed E-state index contributed by atoms with van der Waals surface area (Å²) in [5, 5.41) is 17.6. The van der Waals surface area contributed by atoms with E-state index < -0.39 is 5.41 Å². The zero-order valence-electron chi connectivity index (χ0n) is 16.5. The van der Waals surface area contributed by atoms with E-state index in [1.54, 1.807) is 16.9 Å². The number of hydrogen-bond donors (Lipinski definition) is 4. The normalized spacial score (nSPS) is 20.3. The van der Waals surface area contributed by atoms with Crippen LogP contribution in [0.5, 0.6) is 0 Å². The van der Waals surface area contributed by atoms with Gasteiger partial charge in [0.1, 0.15) is 0 Å². The number of carbonyl (C=O) groups is 1. The Morgan fingerprint density at radius 3 is 3.03 bits per heavy atom. The molecule has 9 nitrogen and oxygen atoms in total. The average molecular weight is 392 g/mol. The van der Waals surface area contributed by atoms with Crippen molar-refractivity contribution in [2.45, 2.75) is 38.1 Å². The third-order valence-corrected chi connectivity index (χ3v) is 5.66. The lowest BCUT2D eigenvalue weighted by Crippen LogP contribution is -2.38. The van der Waals surface area contributed by atoms with Gasteiger partial charge < -0.3 is 21.3 Å². The maximum atomic E-state index is 12.2. The number of benzene rings is 1. The molecule has 4 heterocycles. The molecule has 150 valence electrons. The summed E-state index contributed by atoms with van der Waals surface area (Å²) in [6.45, 7) is 5.83. The largest absolute Gasteiger partial charge is 0.363 e. The van der Waals surface area contributed by atoms with Crippen LogP contribution < -0.4 is 21.3 Å². The summed E-state index contributed by atoms with van der Waals surface area (Å²) in [6, 6.07) is 6.16. The number of nitrogens with one attached hydrogen (secondary N) is 4. The van der Waals surface area contributed by atoms with Crippen molar-refractivity contribution in [3.8, 4) is 0 Å². The Hall–Kier alpha value is -3.20. The fourth-order valence-electron chi connectivity index (χ4n) is 3.94. The van der Waals surface area contributed by atoms with Crippen molar-refractivity contribution in [2.24, 2.45) is 0 Å². The predicted octanol–water partition coefficient (Wildman–Crippen LogP) is 2.26. The molecule has 1 aromatic carbocycles. The van der Waals surface area contributed by atoms with Crippen LogP contribution in [0.2, 0.25) is 0 Å². The maximum Gasteiger partial charge on any atom is 0.247 e. The number of aromatic nitrogens is 4. The van der Waals surface area contributed by atoms with E-state index in [1.165, 1.54) is 0 Å². The average Bonchev–Trinajstić information content (AvgIpc) is 3.21. The zero-order chi connectivity index (χ0) is 20.0. The molecule has 3 aromatic rings. The van der Waals surface area contributed by atoms with Gasteiger partial charge in [-0.3, -0.25) is 4.79 Å². The van der Waals surface area contributed by atoms with Crippen LogP contribution in [0.3, 0.4) is 0 Å². The molecule has 0 aliphatic carbocycles. The molecule has 0 spiro atoms. The van der Waals surface area contributed by atoms with E-state index in [0.717, 1.165) is 48.7 Å². The lowest BCUT2D eigenvalue weighted by atomic mass is 9.86. The summed E-state index contributed by atoms with van der Waals surface area (Å²) < 4.78 is 1.71. The quantitative estimate of drug-likeness (QED) is 0.539. The summed E-state index contributed by atoms with van der Waals surface area (Å²) in [7, 11) is 0. The molecule has 1 atom stereocenters. The second-order valence-electron chi connectivity index (χ2n) is 8.13. The van der Waals surface area contributed by atoms with Crippen LogP contribution >= 0.6 is 0 Å². The van der Waals surface area contributed by atoms with Gasteiger partial charge in [-0.1, -0.05) is 6.07 Å². The molecule has 1 fully saturated rings. The molecule has 4 N–H and O–H groups in total. The SMILES string of the molecule is CC1(C)C(=O)Nc2cc(Nc3nc4c(N[C@@H]5CCCNC5)nccn4n3)ccc21. The lowest BCUT2D eigenvalue weighted by Gasteiger charge is -2.24. The molecule has 5 rings (SSSR count). The molecule has 2 aromatic heterocycles. The highest BCUT2D eigenvalue weighted by atomic mass is 16.2. The third kappa shape index (κ3) is 3.17. The van der Waals surface area contributed by atoms with Gasteiger partial charge in [-0.25, -0.2) is 9.50 Å². The minimum atomic E-state index is -0.518. The molecule has 1 saturated heterocycles. The Balaban J connectivity index is 1.40. The van der Waals surface area contributed by atoms with E-state index >= 15 is 0 Å². The van der Waals surface area contributed by atoms with E-state index in [9.17, 15) is 4.79 Å². The van der Waals surface area contributed by atoms with Crippen molar-refractivity contribution in [1.82, 2.24) is 24.9 Å². The monoisotopic (exact) mass is 392 g/mol. The smallest absolute Gasteiger partial charge is 0.247 e. The van der Waals surface area contributed by atoms with E-state index in [1.807, 2.05) is 32.0 Å². The van der Waals surface area contributed by atoms with E-state index in [4.69, 9.17) is 0 Å². The van der Waals surface area contributed by atoms with Gasteiger partial charge in [-0.15, -0.1) is 5.10 Å². The Labute approximate surface area is 168 Å². The summed E-state index contributed by atoms with van der Waals surface area (Å²) in [5.41, 5.74) is 2.79. The van der Waals surface area contributed by atoms with Gasteiger partial charge in [0.05, 0.1) is 5.41 Å². The number of hydrogen-bond acceptors (Lipinski definition) is 7. The minimum Gasteiger partial charge on any atom is -0.363 e. The van der Waals surface area contributed by atoms with E-state index in [-0.39, 0.29) is 5.91 Å². The maximum absolute atomic E-state index is 12.2. The topological polar surface area (TPSA) is 108 Å². The van der Waals surface area contributed by atoms with Gasteiger partial charge in [-0.05, 0) is 50.9 Å². The molecule has 0 saturated carbocycles. The van der Waals surface area contributed by atoms with Crippen molar-refractivity contribution >= 4 is 34.7 Å². The molecule has 2 aliphatic rings. The van der Waals surface area contributed by atoms with Crippen LogP contribution in [0.1, 0.15) is 32.3 Å². The summed E-state index contributed by atoms with van der Waals surface area (Å²) in [5.74, 6) is 1.21. The van der Waals surface area contributed by atoms with Gasteiger partial charge in [-0.2, -0.15) is 4.98 Å². The first kappa shape index (κ1) is 17.9. The van der Waals surface area contributed by atoms with E-state index in [2.05, 4.69) is 36.3 Å². The third-order valence-electron chi connectivity index (χ3n) is 5.66. The van der Waals surface area contributed by atoms with Gasteiger partial charge in [0.25, 0.3) is 0 Å². The zero-order valence-corrected chi connectivity index (χ0v) is 16.5. The van der Waals surface area contributed by atoms with Crippen LogP contribution in [0.25, 0.3) is 5.65 Å². The molecule has 1 amide bonds. The fraction of sp³-hybridized carbons (Fsp3) is 0.400. The van der Waals surface area contributed by atoms with Gasteiger partial charge >= 0.3 is 0 Å². The molecule has 0 unspecified atom stereocenters. The second kappa shape index (κ2) is 6.70. The van der Waals surface area contributed by atoms with Crippen molar-refractivity contribution in [3.05, 3.63) is 36.2 Å². The predicted molar refractivity (Wildman–Crippen MR) is 112 cm³/mol. The first-order chi connectivity index (χ1) is 14.0. The number of fused-ring (bicyclic) bond motifs is 2. The second-order valence-corrected chi connectivity index (χ2v) is 8.13. The molecule has 29 heavy (non-hydrogen) atoms. The van der Waals surface area contributed by atoms with Gasteiger partial charge in [0, 0.05) is 36.4 Å². The highest BCUT2D eigenvalue weighted by molar-refractivity contribution is 6.06. The Bertz CT molecular complexity index is 1080. The van der Waals surface area contributed by atoms with Crippen molar-refractivity contribution in [2.75, 3.05) is 29.0 Å². The first-order valence-electron chi connectivity index (χ1n) is 9.92. The molecular weight excluding hydrogens is 368 g/mol. The van der Waals surface area contributed by atoms with Crippen LogP contribution in [0, 0.1) is 0 Å². The Kier molecular flexibility index (Phi) is 4.13. The lowest BCUT2D eigenvalue weighted by molar-refractivity contribution is -0.119.